The maximum absolute atomic E-state index is 12.4. The van der Waals surface area contributed by atoms with Gasteiger partial charge in [0, 0.05) is 6.42 Å². The molecule has 0 aliphatic heterocycles. The SMILES string of the molecule is FCC(F)(F)C(F)(F)C(F)(F)CCOF. The fraction of sp³-hybridized carbons (Fsp3) is 1.00. The van der Waals surface area contributed by atoms with Crippen molar-refractivity contribution in [3.8, 4) is 0 Å². The summed E-state index contributed by atoms with van der Waals surface area (Å²) in [4.78, 5) is 2.57. The quantitative estimate of drug-likeness (QED) is 0.654. The molecule has 0 unspecified atom stereocenters. The second-order valence-corrected chi connectivity index (χ2v) is 2.68. The molecule has 92 valence electrons. The van der Waals surface area contributed by atoms with Crippen LogP contribution in [0.1, 0.15) is 6.42 Å². The molecule has 0 aliphatic carbocycles. The van der Waals surface area contributed by atoms with Crippen molar-refractivity contribution in [3.63, 3.8) is 0 Å². The maximum atomic E-state index is 12.4. The molecule has 0 aromatic heterocycles. The van der Waals surface area contributed by atoms with Crippen LogP contribution in [0.2, 0.25) is 0 Å². The summed E-state index contributed by atoms with van der Waals surface area (Å²) in [5, 5.41) is 0. The third-order valence-corrected chi connectivity index (χ3v) is 1.58. The van der Waals surface area contributed by atoms with Gasteiger partial charge in [0.05, 0.1) is 6.61 Å². The minimum Gasteiger partial charge on any atom is -0.244 e. The second kappa shape index (κ2) is 4.50. The van der Waals surface area contributed by atoms with E-state index in [9.17, 15) is 35.3 Å². The summed E-state index contributed by atoms with van der Waals surface area (Å²) >= 11 is 0. The lowest BCUT2D eigenvalue weighted by Crippen LogP contribution is -2.55. The normalized spacial score (nSPS) is 14.4. The van der Waals surface area contributed by atoms with Crippen molar-refractivity contribution in [1.29, 1.82) is 0 Å². The summed E-state index contributed by atoms with van der Waals surface area (Å²) in [7, 11) is 0. The van der Waals surface area contributed by atoms with Gasteiger partial charge in [-0.05, 0) is 4.53 Å². The van der Waals surface area contributed by atoms with Crippen LogP contribution in [0.5, 0.6) is 0 Å². The molecule has 0 N–H and O–H groups in total. The lowest BCUT2D eigenvalue weighted by molar-refractivity contribution is -0.318. The van der Waals surface area contributed by atoms with Crippen molar-refractivity contribution in [2.45, 2.75) is 24.2 Å². The van der Waals surface area contributed by atoms with Crippen LogP contribution in [-0.4, -0.2) is 31.0 Å². The Morgan fingerprint density at radius 3 is 1.67 bits per heavy atom. The Morgan fingerprint density at radius 1 is 0.867 bits per heavy atom. The molecule has 1 nitrogen and oxygen atoms in total. The summed E-state index contributed by atoms with van der Waals surface area (Å²) < 4.78 is 96.3. The highest BCUT2D eigenvalue weighted by molar-refractivity contribution is 4.95. The first kappa shape index (κ1) is 14.4. The Bertz CT molecular complexity index is 203. The van der Waals surface area contributed by atoms with Crippen LogP contribution in [0, 0.1) is 0 Å². The van der Waals surface area contributed by atoms with Crippen LogP contribution in [0.4, 0.5) is 35.3 Å². The first-order valence-electron chi connectivity index (χ1n) is 3.55. The molecule has 0 bridgehead atoms. The Balaban J connectivity index is 4.83. The third-order valence-electron chi connectivity index (χ3n) is 1.58. The number of alkyl halides is 7. The maximum Gasteiger partial charge on any atom is 0.374 e. The molecule has 0 atom stereocenters. The summed E-state index contributed by atoms with van der Waals surface area (Å²) in [6, 6.07) is 0. The number of hydrogen-bond donors (Lipinski definition) is 0. The first-order chi connectivity index (χ1) is 6.62. The van der Waals surface area contributed by atoms with E-state index in [2.05, 4.69) is 4.94 Å². The van der Waals surface area contributed by atoms with Crippen LogP contribution < -0.4 is 0 Å². The van der Waals surface area contributed by atoms with Crippen LogP contribution in [-0.2, 0) is 4.94 Å². The molecule has 0 aliphatic rings. The van der Waals surface area contributed by atoms with Gasteiger partial charge in [-0.3, -0.25) is 0 Å². The summed E-state index contributed by atoms with van der Waals surface area (Å²) in [6.45, 7) is -4.43. The molecule has 15 heavy (non-hydrogen) atoms. The largest absolute Gasteiger partial charge is 0.374 e. The van der Waals surface area contributed by atoms with E-state index in [0.717, 1.165) is 0 Å². The number of hydrogen-bond acceptors (Lipinski definition) is 1. The smallest absolute Gasteiger partial charge is 0.244 e. The zero-order valence-corrected chi connectivity index (χ0v) is 7.05. The predicted octanol–water partition coefficient (Wildman–Crippen LogP) is 3.15. The Labute approximate surface area is 78.9 Å². The summed E-state index contributed by atoms with van der Waals surface area (Å²) in [5.41, 5.74) is 0. The van der Waals surface area contributed by atoms with E-state index in [1.807, 2.05) is 0 Å². The van der Waals surface area contributed by atoms with Crippen LogP contribution in [0.3, 0.4) is 0 Å². The monoisotopic (exact) mass is 246 g/mol. The Hall–Kier alpha value is -0.600. The van der Waals surface area contributed by atoms with Crippen LogP contribution >= 0.6 is 0 Å². The molecular weight excluding hydrogens is 240 g/mol. The van der Waals surface area contributed by atoms with Gasteiger partial charge in [0.1, 0.15) is 0 Å². The minimum absolute atomic E-state index is 1.50. The molecule has 0 amide bonds. The average molecular weight is 246 g/mol. The molecular formula is C6H6F8O. The first-order valence-corrected chi connectivity index (χ1v) is 3.55. The van der Waals surface area contributed by atoms with Crippen molar-refractivity contribution >= 4 is 0 Å². The van der Waals surface area contributed by atoms with Gasteiger partial charge in [0.2, 0.25) is 0 Å². The van der Waals surface area contributed by atoms with Gasteiger partial charge in [-0.2, -0.15) is 31.3 Å². The molecule has 0 aromatic rings. The molecule has 0 saturated carbocycles. The van der Waals surface area contributed by atoms with Crippen LogP contribution in [0.15, 0.2) is 0 Å². The lowest BCUT2D eigenvalue weighted by atomic mass is 10.0. The number of halogens is 8. The Kier molecular flexibility index (Phi) is 4.32. The van der Waals surface area contributed by atoms with Gasteiger partial charge < -0.3 is 0 Å². The Morgan fingerprint density at radius 2 is 1.33 bits per heavy atom. The van der Waals surface area contributed by atoms with Gasteiger partial charge in [0.15, 0.2) is 6.67 Å². The number of rotatable bonds is 6. The van der Waals surface area contributed by atoms with Crippen molar-refractivity contribution < 1.29 is 40.2 Å². The van der Waals surface area contributed by atoms with E-state index < -0.39 is 37.5 Å². The van der Waals surface area contributed by atoms with E-state index in [0.29, 0.717) is 0 Å². The van der Waals surface area contributed by atoms with Gasteiger partial charge in [-0.1, -0.05) is 0 Å². The third kappa shape index (κ3) is 2.70. The standard InChI is InChI=1S/C6H6F8O/c7-3-5(10,11)6(12,13)4(8,9)1-2-15-14/h1-3H2. The molecule has 0 rings (SSSR count). The fourth-order valence-corrected chi connectivity index (χ4v) is 0.675. The van der Waals surface area contributed by atoms with Gasteiger partial charge in [0.25, 0.3) is 0 Å². The zero-order chi connectivity index (χ0) is 12.3. The van der Waals surface area contributed by atoms with Gasteiger partial charge in [-0.25, -0.2) is 4.39 Å². The predicted molar refractivity (Wildman–Crippen MR) is 32.5 cm³/mol. The average Bonchev–Trinajstić information content (AvgIpc) is 2.14. The molecule has 0 radical (unpaired) electrons. The van der Waals surface area contributed by atoms with Crippen molar-refractivity contribution in [2.24, 2.45) is 0 Å². The highest BCUT2D eigenvalue weighted by atomic mass is 19.3. The van der Waals surface area contributed by atoms with E-state index in [1.165, 1.54) is 0 Å². The summed E-state index contributed by atoms with van der Waals surface area (Å²) in [5.74, 6) is -16.7. The van der Waals surface area contributed by atoms with E-state index in [1.54, 1.807) is 0 Å². The van der Waals surface area contributed by atoms with Gasteiger partial charge in [-0.15, -0.1) is 0 Å². The van der Waals surface area contributed by atoms with Crippen LogP contribution in [0.25, 0.3) is 0 Å². The van der Waals surface area contributed by atoms with Crippen molar-refractivity contribution in [3.05, 3.63) is 0 Å². The summed E-state index contributed by atoms with van der Waals surface area (Å²) in [6.07, 6.45) is -1.98. The molecule has 0 heterocycles. The fourth-order valence-electron chi connectivity index (χ4n) is 0.675. The second-order valence-electron chi connectivity index (χ2n) is 2.68. The minimum atomic E-state index is -5.90. The topological polar surface area (TPSA) is 9.23 Å². The highest BCUT2D eigenvalue weighted by Crippen LogP contribution is 2.47. The van der Waals surface area contributed by atoms with Crippen molar-refractivity contribution in [1.82, 2.24) is 0 Å². The lowest BCUT2D eigenvalue weighted by Gasteiger charge is -2.30. The molecule has 0 saturated heterocycles. The van der Waals surface area contributed by atoms with Crippen molar-refractivity contribution in [2.75, 3.05) is 13.3 Å². The molecule has 0 spiro atoms. The van der Waals surface area contributed by atoms with Gasteiger partial charge >= 0.3 is 17.8 Å². The van der Waals surface area contributed by atoms with E-state index in [-0.39, 0.29) is 0 Å². The molecule has 0 aromatic carbocycles. The molecule has 0 fully saturated rings. The van der Waals surface area contributed by atoms with E-state index >= 15 is 0 Å². The zero-order valence-electron chi connectivity index (χ0n) is 7.05. The van der Waals surface area contributed by atoms with E-state index in [4.69, 9.17) is 0 Å². The highest BCUT2D eigenvalue weighted by Gasteiger charge is 2.71. The molecule has 9 heteroatoms.